The molecule has 0 spiro atoms. The SMILES string of the molecule is CCn1ccnc1CN(C)C(C(=O)O)c1cccc(OC)c1. The Morgan fingerprint density at radius 1 is 1.50 bits per heavy atom. The summed E-state index contributed by atoms with van der Waals surface area (Å²) in [5, 5.41) is 9.61. The fraction of sp³-hybridized carbons (Fsp3) is 0.375. The molecule has 0 fully saturated rings. The van der Waals surface area contributed by atoms with Crippen LogP contribution in [0, 0.1) is 0 Å². The summed E-state index contributed by atoms with van der Waals surface area (Å²) < 4.78 is 7.18. The van der Waals surface area contributed by atoms with E-state index in [0.29, 0.717) is 17.9 Å². The van der Waals surface area contributed by atoms with E-state index in [9.17, 15) is 9.90 Å². The van der Waals surface area contributed by atoms with Gasteiger partial charge in [0.25, 0.3) is 0 Å². The number of carboxylic acids is 1. The molecular weight excluding hydrogens is 282 g/mol. The number of likely N-dealkylation sites (N-methyl/N-ethyl adjacent to an activating group) is 1. The van der Waals surface area contributed by atoms with Crippen LogP contribution in [0.1, 0.15) is 24.4 Å². The van der Waals surface area contributed by atoms with Crippen molar-refractivity contribution in [3.63, 3.8) is 0 Å². The van der Waals surface area contributed by atoms with Crippen LogP contribution in [0.4, 0.5) is 0 Å². The molecule has 0 amide bonds. The largest absolute Gasteiger partial charge is 0.497 e. The number of hydrogen-bond acceptors (Lipinski definition) is 4. The Bertz CT molecular complexity index is 639. The highest BCUT2D eigenvalue weighted by atomic mass is 16.5. The standard InChI is InChI=1S/C16H21N3O3/c1-4-19-9-8-17-14(19)11-18(2)15(16(20)21)12-6-5-7-13(10-12)22-3/h5-10,15H,4,11H2,1-3H3,(H,20,21). The third kappa shape index (κ3) is 3.46. The van der Waals surface area contributed by atoms with Crippen LogP contribution in [0.15, 0.2) is 36.7 Å². The van der Waals surface area contributed by atoms with E-state index in [2.05, 4.69) is 4.98 Å². The third-order valence-electron chi connectivity index (χ3n) is 3.62. The van der Waals surface area contributed by atoms with Gasteiger partial charge in [0.1, 0.15) is 17.6 Å². The van der Waals surface area contributed by atoms with Crippen LogP contribution < -0.4 is 4.74 Å². The predicted octanol–water partition coefficient (Wildman–Crippen LogP) is 2.17. The molecule has 1 atom stereocenters. The maximum absolute atomic E-state index is 11.7. The molecule has 0 saturated carbocycles. The molecule has 22 heavy (non-hydrogen) atoms. The zero-order valence-corrected chi connectivity index (χ0v) is 13.1. The molecule has 1 aromatic carbocycles. The van der Waals surface area contributed by atoms with E-state index in [1.807, 2.05) is 17.7 Å². The summed E-state index contributed by atoms with van der Waals surface area (Å²) in [5.74, 6) is 0.594. The van der Waals surface area contributed by atoms with Crippen molar-refractivity contribution in [1.82, 2.24) is 14.5 Å². The van der Waals surface area contributed by atoms with E-state index >= 15 is 0 Å². The molecule has 1 N–H and O–H groups in total. The van der Waals surface area contributed by atoms with Crippen LogP contribution >= 0.6 is 0 Å². The molecule has 0 saturated heterocycles. The van der Waals surface area contributed by atoms with Crippen molar-refractivity contribution in [3.8, 4) is 5.75 Å². The van der Waals surface area contributed by atoms with Gasteiger partial charge in [0.2, 0.25) is 0 Å². The molecule has 0 bridgehead atoms. The number of aryl methyl sites for hydroxylation is 1. The average Bonchev–Trinajstić information content (AvgIpc) is 2.94. The summed E-state index contributed by atoms with van der Waals surface area (Å²) in [6.07, 6.45) is 3.62. The van der Waals surface area contributed by atoms with E-state index in [-0.39, 0.29) is 0 Å². The van der Waals surface area contributed by atoms with Crippen LogP contribution in [-0.4, -0.2) is 39.7 Å². The minimum absolute atomic E-state index is 0.453. The lowest BCUT2D eigenvalue weighted by atomic mass is 10.1. The smallest absolute Gasteiger partial charge is 0.325 e. The van der Waals surface area contributed by atoms with E-state index in [0.717, 1.165) is 12.4 Å². The average molecular weight is 303 g/mol. The second-order valence-electron chi connectivity index (χ2n) is 5.06. The van der Waals surface area contributed by atoms with E-state index < -0.39 is 12.0 Å². The van der Waals surface area contributed by atoms with Gasteiger partial charge in [-0.25, -0.2) is 4.98 Å². The van der Waals surface area contributed by atoms with Crippen molar-refractivity contribution in [2.45, 2.75) is 26.1 Å². The molecule has 118 valence electrons. The van der Waals surface area contributed by atoms with E-state index in [4.69, 9.17) is 4.74 Å². The number of benzene rings is 1. The van der Waals surface area contributed by atoms with Gasteiger partial charge in [0, 0.05) is 18.9 Å². The number of imidazole rings is 1. The van der Waals surface area contributed by atoms with Crippen LogP contribution in [-0.2, 0) is 17.9 Å². The molecule has 1 heterocycles. The number of carbonyl (C=O) groups is 1. The van der Waals surface area contributed by atoms with Crippen molar-refractivity contribution in [3.05, 3.63) is 48.0 Å². The first-order valence-corrected chi connectivity index (χ1v) is 7.13. The lowest BCUT2D eigenvalue weighted by molar-refractivity contribution is -0.143. The summed E-state index contributed by atoms with van der Waals surface area (Å²) in [6, 6.07) is 6.39. The predicted molar refractivity (Wildman–Crippen MR) is 82.7 cm³/mol. The van der Waals surface area contributed by atoms with Gasteiger partial charge in [0.05, 0.1) is 13.7 Å². The minimum atomic E-state index is -0.898. The fourth-order valence-corrected chi connectivity index (χ4v) is 2.49. The number of rotatable bonds is 7. The number of aromatic nitrogens is 2. The first-order chi connectivity index (χ1) is 10.6. The van der Waals surface area contributed by atoms with Crippen LogP contribution in [0.5, 0.6) is 5.75 Å². The number of aliphatic carboxylic acids is 1. The minimum Gasteiger partial charge on any atom is -0.497 e. The third-order valence-corrected chi connectivity index (χ3v) is 3.62. The van der Waals surface area contributed by atoms with Gasteiger partial charge in [-0.2, -0.15) is 0 Å². The molecule has 6 nitrogen and oxygen atoms in total. The molecule has 2 aromatic rings. The van der Waals surface area contributed by atoms with Gasteiger partial charge in [-0.15, -0.1) is 0 Å². The number of methoxy groups -OCH3 is 1. The second-order valence-corrected chi connectivity index (χ2v) is 5.06. The van der Waals surface area contributed by atoms with E-state index in [1.54, 1.807) is 49.5 Å². The summed E-state index contributed by atoms with van der Waals surface area (Å²) in [7, 11) is 3.35. The van der Waals surface area contributed by atoms with Gasteiger partial charge in [-0.1, -0.05) is 12.1 Å². The molecule has 2 rings (SSSR count). The fourth-order valence-electron chi connectivity index (χ4n) is 2.49. The maximum Gasteiger partial charge on any atom is 0.325 e. The molecule has 6 heteroatoms. The quantitative estimate of drug-likeness (QED) is 0.849. The van der Waals surface area contributed by atoms with Crippen molar-refractivity contribution < 1.29 is 14.6 Å². The zero-order chi connectivity index (χ0) is 16.1. The van der Waals surface area contributed by atoms with Crippen molar-refractivity contribution in [2.24, 2.45) is 0 Å². The Morgan fingerprint density at radius 3 is 2.91 bits per heavy atom. The van der Waals surface area contributed by atoms with Gasteiger partial charge in [0.15, 0.2) is 0 Å². The highest BCUT2D eigenvalue weighted by Gasteiger charge is 2.26. The Labute approximate surface area is 130 Å². The molecular formula is C16H21N3O3. The summed E-state index contributed by atoms with van der Waals surface area (Å²) in [4.78, 5) is 17.8. The number of hydrogen-bond donors (Lipinski definition) is 1. The topological polar surface area (TPSA) is 67.6 Å². The van der Waals surface area contributed by atoms with Crippen LogP contribution in [0.3, 0.4) is 0 Å². The molecule has 0 aliphatic heterocycles. The van der Waals surface area contributed by atoms with Gasteiger partial charge >= 0.3 is 5.97 Å². The zero-order valence-electron chi connectivity index (χ0n) is 13.1. The number of ether oxygens (including phenoxy) is 1. The van der Waals surface area contributed by atoms with Crippen LogP contribution in [0.2, 0.25) is 0 Å². The Hall–Kier alpha value is -2.34. The Balaban J connectivity index is 2.25. The van der Waals surface area contributed by atoms with Crippen molar-refractivity contribution in [1.29, 1.82) is 0 Å². The lowest BCUT2D eigenvalue weighted by Crippen LogP contribution is -2.31. The first kappa shape index (κ1) is 16.0. The molecule has 0 aliphatic carbocycles. The van der Waals surface area contributed by atoms with Crippen molar-refractivity contribution >= 4 is 5.97 Å². The van der Waals surface area contributed by atoms with E-state index in [1.165, 1.54) is 0 Å². The highest BCUT2D eigenvalue weighted by Crippen LogP contribution is 2.24. The van der Waals surface area contributed by atoms with Crippen molar-refractivity contribution in [2.75, 3.05) is 14.2 Å². The Kier molecular flexibility index (Phi) is 5.16. The van der Waals surface area contributed by atoms with Gasteiger partial charge in [-0.3, -0.25) is 9.69 Å². The normalized spacial score (nSPS) is 12.4. The summed E-state index contributed by atoms with van der Waals surface area (Å²) in [6.45, 7) is 3.29. The second kappa shape index (κ2) is 7.09. The Morgan fingerprint density at radius 2 is 2.27 bits per heavy atom. The summed E-state index contributed by atoms with van der Waals surface area (Å²) in [5.41, 5.74) is 0.684. The molecule has 0 aliphatic rings. The monoisotopic (exact) mass is 303 g/mol. The van der Waals surface area contributed by atoms with Gasteiger partial charge in [-0.05, 0) is 31.7 Å². The van der Waals surface area contributed by atoms with Crippen LogP contribution in [0.25, 0.3) is 0 Å². The molecule has 1 aromatic heterocycles. The number of nitrogens with zero attached hydrogens (tertiary/aromatic N) is 3. The van der Waals surface area contributed by atoms with Gasteiger partial charge < -0.3 is 14.4 Å². The molecule has 0 radical (unpaired) electrons. The highest BCUT2D eigenvalue weighted by molar-refractivity contribution is 5.75. The first-order valence-electron chi connectivity index (χ1n) is 7.13. The number of carboxylic acid groups (broad SMARTS) is 1. The maximum atomic E-state index is 11.7. The lowest BCUT2D eigenvalue weighted by Gasteiger charge is -2.25. The summed E-state index contributed by atoms with van der Waals surface area (Å²) >= 11 is 0. The molecule has 1 unspecified atom stereocenters.